The number of nitrogens with zero attached hydrogens (tertiary/aromatic N) is 1. The van der Waals surface area contributed by atoms with Crippen LogP contribution in [0.4, 0.5) is 0 Å². The van der Waals surface area contributed by atoms with Crippen molar-refractivity contribution in [2.24, 2.45) is 5.41 Å². The molecule has 0 aliphatic carbocycles. The summed E-state index contributed by atoms with van der Waals surface area (Å²) in [5.41, 5.74) is 0.517. The topological polar surface area (TPSA) is 68.3 Å². The molecule has 1 N–H and O–H groups in total. The van der Waals surface area contributed by atoms with E-state index in [9.17, 15) is 9.59 Å². The molecule has 5 nitrogen and oxygen atoms in total. The maximum Gasteiger partial charge on any atom is 0.328 e. The summed E-state index contributed by atoms with van der Waals surface area (Å²) >= 11 is 0. The molecule has 0 aliphatic rings. The number of pyridine rings is 1. The van der Waals surface area contributed by atoms with Crippen LogP contribution in [0.1, 0.15) is 44.0 Å². The van der Waals surface area contributed by atoms with Gasteiger partial charge in [0.05, 0.1) is 12.7 Å². The van der Waals surface area contributed by atoms with Crippen molar-refractivity contribution in [2.75, 3.05) is 7.11 Å². The molecule has 5 heteroatoms. The molecule has 1 aromatic rings. The molecule has 0 aliphatic heterocycles. The largest absolute Gasteiger partial charge is 0.467 e. The zero-order valence-electron chi connectivity index (χ0n) is 12.5. The Morgan fingerprint density at radius 2 is 2.10 bits per heavy atom. The highest BCUT2D eigenvalue weighted by Crippen LogP contribution is 2.22. The summed E-state index contributed by atoms with van der Waals surface area (Å²) in [6, 6.07) is 2.70. The van der Waals surface area contributed by atoms with Gasteiger partial charge in [-0.05, 0) is 30.4 Å². The Kier molecular flexibility index (Phi) is 5.67. The van der Waals surface area contributed by atoms with E-state index in [0.29, 0.717) is 12.0 Å². The first-order chi connectivity index (χ1) is 9.33. The first-order valence-electron chi connectivity index (χ1n) is 6.62. The van der Waals surface area contributed by atoms with Crippen molar-refractivity contribution < 1.29 is 14.3 Å². The van der Waals surface area contributed by atoms with Crippen molar-refractivity contribution in [3.63, 3.8) is 0 Å². The normalized spacial score (nSPS) is 12.6. The first-order valence-corrected chi connectivity index (χ1v) is 6.62. The van der Waals surface area contributed by atoms with E-state index in [1.165, 1.54) is 13.3 Å². The number of hydrogen-bond donors (Lipinski definition) is 1. The Morgan fingerprint density at radius 1 is 1.40 bits per heavy atom. The molecular formula is C15H22N2O3. The Hall–Kier alpha value is -1.91. The van der Waals surface area contributed by atoms with E-state index < -0.39 is 12.0 Å². The lowest BCUT2D eigenvalue weighted by atomic mass is 9.88. The van der Waals surface area contributed by atoms with Gasteiger partial charge in [0.1, 0.15) is 6.04 Å². The van der Waals surface area contributed by atoms with Crippen LogP contribution in [-0.2, 0) is 9.53 Å². The summed E-state index contributed by atoms with van der Waals surface area (Å²) in [6.45, 7) is 6.26. The van der Waals surface area contributed by atoms with Gasteiger partial charge in [-0.25, -0.2) is 4.79 Å². The minimum atomic E-state index is -0.632. The highest BCUT2D eigenvalue weighted by atomic mass is 16.5. The van der Waals surface area contributed by atoms with E-state index in [2.05, 4.69) is 31.1 Å². The fourth-order valence-corrected chi connectivity index (χ4v) is 1.71. The highest BCUT2D eigenvalue weighted by Gasteiger charge is 2.24. The molecule has 1 heterocycles. The lowest BCUT2D eigenvalue weighted by molar-refractivity contribution is -0.143. The number of carbonyl (C=O) groups excluding carboxylic acids is 2. The predicted octanol–water partition coefficient (Wildman–Crippen LogP) is 2.18. The Labute approximate surface area is 119 Å². The molecule has 0 saturated carbocycles. The van der Waals surface area contributed by atoms with Gasteiger partial charge >= 0.3 is 5.97 Å². The molecule has 0 bridgehead atoms. The van der Waals surface area contributed by atoms with Gasteiger partial charge in [0, 0.05) is 12.4 Å². The molecule has 20 heavy (non-hydrogen) atoms. The summed E-state index contributed by atoms with van der Waals surface area (Å²) in [6.07, 6.45) is 4.41. The number of aromatic nitrogens is 1. The van der Waals surface area contributed by atoms with Crippen molar-refractivity contribution in [3.05, 3.63) is 30.1 Å². The van der Waals surface area contributed by atoms with Crippen molar-refractivity contribution in [1.29, 1.82) is 0 Å². The summed E-state index contributed by atoms with van der Waals surface area (Å²) in [7, 11) is 1.32. The fraction of sp³-hybridized carbons (Fsp3) is 0.533. The lowest BCUT2D eigenvalue weighted by Crippen LogP contribution is -2.42. The molecule has 1 aromatic heterocycles. The Bertz CT molecular complexity index is 452. The number of hydrogen-bond acceptors (Lipinski definition) is 4. The zero-order valence-corrected chi connectivity index (χ0v) is 12.5. The molecule has 1 atom stereocenters. The van der Waals surface area contributed by atoms with Crippen LogP contribution in [0.5, 0.6) is 0 Å². The number of methoxy groups -OCH3 is 1. The molecule has 1 unspecified atom stereocenters. The van der Waals surface area contributed by atoms with E-state index in [-0.39, 0.29) is 11.3 Å². The Morgan fingerprint density at radius 3 is 2.60 bits per heavy atom. The van der Waals surface area contributed by atoms with E-state index in [1.54, 1.807) is 18.3 Å². The minimum absolute atomic E-state index is 0.0886. The molecule has 0 radical (unpaired) electrons. The number of ether oxygens (including phenoxy) is 1. The second kappa shape index (κ2) is 7.03. The van der Waals surface area contributed by atoms with Gasteiger partial charge in [-0.3, -0.25) is 9.78 Å². The summed E-state index contributed by atoms with van der Waals surface area (Å²) in [4.78, 5) is 27.7. The van der Waals surface area contributed by atoms with Gasteiger partial charge in [0.15, 0.2) is 0 Å². The van der Waals surface area contributed by atoms with Gasteiger partial charge in [-0.2, -0.15) is 0 Å². The van der Waals surface area contributed by atoms with Crippen molar-refractivity contribution in [1.82, 2.24) is 10.3 Å². The molecule has 0 spiro atoms. The van der Waals surface area contributed by atoms with Crippen LogP contribution in [-0.4, -0.2) is 30.0 Å². The standard InChI is InChI=1S/C15H22N2O3/c1-15(2,3)8-7-12(14(19)20-4)17-13(18)11-6-5-9-16-10-11/h5-6,9-10,12H,7-8H2,1-4H3,(H,17,18). The molecule has 0 aromatic carbocycles. The van der Waals surface area contributed by atoms with Crippen LogP contribution < -0.4 is 5.32 Å². The van der Waals surface area contributed by atoms with E-state index >= 15 is 0 Å². The van der Waals surface area contributed by atoms with Crippen molar-refractivity contribution in [3.8, 4) is 0 Å². The molecule has 0 fully saturated rings. The Balaban J connectivity index is 2.70. The van der Waals surface area contributed by atoms with Crippen LogP contribution in [0.25, 0.3) is 0 Å². The van der Waals surface area contributed by atoms with Crippen LogP contribution in [0.3, 0.4) is 0 Å². The van der Waals surface area contributed by atoms with Crippen LogP contribution in [0.2, 0.25) is 0 Å². The van der Waals surface area contributed by atoms with Crippen LogP contribution in [0, 0.1) is 5.41 Å². The third-order valence-electron chi connectivity index (χ3n) is 2.90. The van der Waals surface area contributed by atoms with Gasteiger partial charge < -0.3 is 10.1 Å². The molecular weight excluding hydrogens is 256 g/mol. The number of carbonyl (C=O) groups is 2. The fourth-order valence-electron chi connectivity index (χ4n) is 1.71. The zero-order chi connectivity index (χ0) is 15.2. The highest BCUT2D eigenvalue weighted by molar-refractivity contribution is 5.96. The van der Waals surface area contributed by atoms with Crippen molar-refractivity contribution >= 4 is 11.9 Å². The smallest absolute Gasteiger partial charge is 0.328 e. The third kappa shape index (κ3) is 5.38. The number of amides is 1. The second-order valence-corrected chi connectivity index (χ2v) is 5.89. The summed E-state index contributed by atoms with van der Waals surface area (Å²) < 4.78 is 4.75. The van der Waals surface area contributed by atoms with Crippen LogP contribution >= 0.6 is 0 Å². The third-order valence-corrected chi connectivity index (χ3v) is 2.90. The lowest BCUT2D eigenvalue weighted by Gasteiger charge is -2.22. The maximum absolute atomic E-state index is 12.0. The molecule has 1 amide bonds. The van der Waals surface area contributed by atoms with E-state index in [4.69, 9.17) is 4.74 Å². The first kappa shape index (κ1) is 16.1. The van der Waals surface area contributed by atoms with E-state index in [1.807, 2.05) is 0 Å². The van der Waals surface area contributed by atoms with Crippen LogP contribution in [0.15, 0.2) is 24.5 Å². The average molecular weight is 278 g/mol. The van der Waals surface area contributed by atoms with Gasteiger partial charge in [-0.15, -0.1) is 0 Å². The van der Waals surface area contributed by atoms with Crippen molar-refractivity contribution in [2.45, 2.75) is 39.7 Å². The second-order valence-electron chi connectivity index (χ2n) is 5.89. The molecule has 0 saturated heterocycles. The number of rotatable bonds is 5. The SMILES string of the molecule is COC(=O)C(CCC(C)(C)C)NC(=O)c1cccnc1. The van der Waals surface area contributed by atoms with Gasteiger partial charge in [0.25, 0.3) is 5.91 Å². The predicted molar refractivity (Wildman–Crippen MR) is 76.2 cm³/mol. The number of nitrogens with one attached hydrogen (secondary N) is 1. The molecule has 1 rings (SSSR count). The maximum atomic E-state index is 12.0. The minimum Gasteiger partial charge on any atom is -0.467 e. The van der Waals surface area contributed by atoms with Gasteiger partial charge in [-0.1, -0.05) is 20.8 Å². The van der Waals surface area contributed by atoms with E-state index in [0.717, 1.165) is 6.42 Å². The number of esters is 1. The van der Waals surface area contributed by atoms with Gasteiger partial charge in [0.2, 0.25) is 0 Å². The summed E-state index contributed by atoms with van der Waals surface area (Å²) in [5.74, 6) is -0.742. The average Bonchev–Trinajstić information content (AvgIpc) is 2.42. The molecule has 110 valence electrons. The monoisotopic (exact) mass is 278 g/mol. The quantitative estimate of drug-likeness (QED) is 0.838. The summed E-state index contributed by atoms with van der Waals surface area (Å²) in [5, 5.41) is 2.70.